The Morgan fingerprint density at radius 1 is 1.60 bits per heavy atom. The fourth-order valence-electron chi connectivity index (χ4n) is 1.74. The number of nitrogens with two attached hydrogens (primary N) is 1. The fraction of sp³-hybridized carbons (Fsp3) is 0.800. The van der Waals surface area contributed by atoms with E-state index in [2.05, 4.69) is 5.32 Å². The first-order valence-electron chi connectivity index (χ1n) is 5.17. The van der Waals surface area contributed by atoms with Gasteiger partial charge in [-0.3, -0.25) is 4.79 Å². The van der Waals surface area contributed by atoms with Crippen LogP contribution in [0.4, 0.5) is 0 Å². The van der Waals surface area contributed by atoms with Gasteiger partial charge in [-0.1, -0.05) is 12.2 Å². The summed E-state index contributed by atoms with van der Waals surface area (Å²) >= 11 is 4.77. The molecule has 1 fully saturated rings. The van der Waals surface area contributed by atoms with Crippen molar-refractivity contribution in [2.24, 2.45) is 11.7 Å². The summed E-state index contributed by atoms with van der Waals surface area (Å²) in [5, 5.41) is 2.94. The zero-order chi connectivity index (χ0) is 11.4. The number of carbonyl (C=O) groups is 1. The average Bonchev–Trinajstić information content (AvgIpc) is 2.64. The third-order valence-corrected chi connectivity index (χ3v) is 3.24. The van der Waals surface area contributed by atoms with Gasteiger partial charge in [-0.15, -0.1) is 0 Å². The van der Waals surface area contributed by atoms with E-state index in [1.54, 1.807) is 14.0 Å². The summed E-state index contributed by atoms with van der Waals surface area (Å²) in [6.07, 6.45) is 3.12. The van der Waals surface area contributed by atoms with E-state index in [-0.39, 0.29) is 29.0 Å². The molecule has 0 spiro atoms. The molecule has 0 aliphatic heterocycles. The number of rotatable bonds is 4. The molecule has 0 aromatic rings. The van der Waals surface area contributed by atoms with Crippen molar-refractivity contribution >= 4 is 23.1 Å². The molecule has 0 radical (unpaired) electrons. The van der Waals surface area contributed by atoms with Gasteiger partial charge < -0.3 is 15.8 Å². The normalized spacial score (nSPS) is 27.3. The van der Waals surface area contributed by atoms with E-state index in [0.717, 1.165) is 19.3 Å². The van der Waals surface area contributed by atoms with Gasteiger partial charge in [0.1, 0.15) is 0 Å². The van der Waals surface area contributed by atoms with E-state index >= 15 is 0 Å². The molecule has 0 aromatic carbocycles. The molecule has 0 heterocycles. The fourth-order valence-corrected chi connectivity index (χ4v) is 1.85. The topological polar surface area (TPSA) is 64.3 Å². The number of thiocarbonyl (C=S) groups is 1. The lowest BCUT2D eigenvalue weighted by Gasteiger charge is -2.16. The minimum Gasteiger partial charge on any atom is -0.393 e. The molecule has 3 unspecified atom stereocenters. The van der Waals surface area contributed by atoms with E-state index in [9.17, 15) is 4.79 Å². The lowest BCUT2D eigenvalue weighted by molar-refractivity contribution is -0.123. The monoisotopic (exact) mass is 230 g/mol. The van der Waals surface area contributed by atoms with Crippen LogP contribution < -0.4 is 11.1 Å². The van der Waals surface area contributed by atoms with Gasteiger partial charge >= 0.3 is 0 Å². The van der Waals surface area contributed by atoms with Crippen LogP contribution in [0.3, 0.4) is 0 Å². The minimum atomic E-state index is -0.387. The van der Waals surface area contributed by atoms with Crippen LogP contribution in [0.2, 0.25) is 0 Å². The molecule has 0 saturated heterocycles. The van der Waals surface area contributed by atoms with E-state index in [1.165, 1.54) is 0 Å². The second-order valence-corrected chi connectivity index (χ2v) is 4.47. The maximum Gasteiger partial charge on any atom is 0.229 e. The zero-order valence-corrected chi connectivity index (χ0v) is 9.97. The Kier molecular flexibility index (Phi) is 4.47. The molecule has 1 saturated carbocycles. The van der Waals surface area contributed by atoms with Gasteiger partial charge in [-0.05, 0) is 26.2 Å². The molecule has 15 heavy (non-hydrogen) atoms. The van der Waals surface area contributed by atoms with Crippen molar-refractivity contribution in [2.75, 3.05) is 7.11 Å². The van der Waals surface area contributed by atoms with Gasteiger partial charge in [-0.25, -0.2) is 0 Å². The Balaban J connectivity index is 2.36. The highest BCUT2D eigenvalue weighted by atomic mass is 32.1. The van der Waals surface area contributed by atoms with Gasteiger partial charge in [0.05, 0.1) is 17.0 Å². The molecule has 1 amide bonds. The minimum absolute atomic E-state index is 0.0794. The van der Waals surface area contributed by atoms with E-state index in [1.807, 2.05) is 0 Å². The lowest BCUT2D eigenvalue weighted by Crippen LogP contribution is -2.41. The van der Waals surface area contributed by atoms with Crippen molar-refractivity contribution in [3.05, 3.63) is 0 Å². The van der Waals surface area contributed by atoms with Crippen molar-refractivity contribution in [1.82, 2.24) is 5.32 Å². The van der Waals surface area contributed by atoms with Crippen molar-refractivity contribution in [2.45, 2.75) is 38.3 Å². The van der Waals surface area contributed by atoms with E-state index < -0.39 is 0 Å². The lowest BCUT2D eigenvalue weighted by atomic mass is 10.1. The van der Waals surface area contributed by atoms with Gasteiger partial charge in [-0.2, -0.15) is 0 Å². The second kappa shape index (κ2) is 5.42. The second-order valence-electron chi connectivity index (χ2n) is 4.00. The number of hydrogen-bond acceptors (Lipinski definition) is 3. The number of methoxy groups -OCH3 is 1. The summed E-state index contributed by atoms with van der Waals surface area (Å²) in [5.74, 6) is -0.467. The van der Waals surface area contributed by atoms with Crippen molar-refractivity contribution < 1.29 is 9.53 Å². The largest absolute Gasteiger partial charge is 0.393 e. The van der Waals surface area contributed by atoms with Gasteiger partial charge in [0.25, 0.3) is 0 Å². The van der Waals surface area contributed by atoms with E-state index in [4.69, 9.17) is 22.7 Å². The highest BCUT2D eigenvalue weighted by molar-refractivity contribution is 7.80. The molecule has 5 heteroatoms. The summed E-state index contributed by atoms with van der Waals surface area (Å²) in [6.45, 7) is 1.72. The molecular weight excluding hydrogens is 212 g/mol. The Bertz CT molecular complexity index is 258. The van der Waals surface area contributed by atoms with Crippen LogP contribution in [0.15, 0.2) is 0 Å². The third kappa shape index (κ3) is 3.43. The number of amides is 1. The zero-order valence-electron chi connectivity index (χ0n) is 9.16. The van der Waals surface area contributed by atoms with Crippen LogP contribution in [0.5, 0.6) is 0 Å². The van der Waals surface area contributed by atoms with Crippen LogP contribution in [-0.2, 0) is 9.53 Å². The SMILES string of the molecule is COC1CCC(NC(=O)C(C)C(N)=S)C1. The molecule has 4 nitrogen and oxygen atoms in total. The number of hydrogen-bond donors (Lipinski definition) is 2. The molecule has 3 N–H and O–H groups in total. The predicted molar refractivity (Wildman–Crippen MR) is 62.5 cm³/mol. The standard InChI is InChI=1S/C10H18N2O2S/c1-6(9(11)15)10(13)12-7-3-4-8(5-7)14-2/h6-8H,3-5H2,1-2H3,(H2,11,15)(H,12,13). The molecular formula is C10H18N2O2S. The van der Waals surface area contributed by atoms with Gasteiger partial charge in [0.2, 0.25) is 5.91 Å². The summed E-state index contributed by atoms with van der Waals surface area (Å²) in [4.78, 5) is 11.9. The first kappa shape index (κ1) is 12.4. The van der Waals surface area contributed by atoms with Crippen LogP contribution in [0.25, 0.3) is 0 Å². The number of nitrogens with one attached hydrogen (secondary N) is 1. The number of ether oxygens (including phenoxy) is 1. The Morgan fingerprint density at radius 2 is 2.27 bits per heavy atom. The maximum atomic E-state index is 11.6. The van der Waals surface area contributed by atoms with Crippen LogP contribution in [-0.4, -0.2) is 30.2 Å². The summed E-state index contributed by atoms with van der Waals surface area (Å²) in [7, 11) is 1.70. The van der Waals surface area contributed by atoms with Crippen molar-refractivity contribution in [1.29, 1.82) is 0 Å². The van der Waals surface area contributed by atoms with E-state index in [0.29, 0.717) is 0 Å². The van der Waals surface area contributed by atoms with Crippen molar-refractivity contribution in [3.8, 4) is 0 Å². The Morgan fingerprint density at radius 3 is 2.73 bits per heavy atom. The average molecular weight is 230 g/mol. The first-order chi connectivity index (χ1) is 7.04. The molecule has 1 aliphatic rings. The summed E-state index contributed by atoms with van der Waals surface area (Å²) in [5.41, 5.74) is 5.41. The highest BCUT2D eigenvalue weighted by Gasteiger charge is 2.27. The maximum absolute atomic E-state index is 11.6. The molecule has 1 rings (SSSR count). The van der Waals surface area contributed by atoms with Gasteiger partial charge in [0.15, 0.2) is 0 Å². The molecule has 0 aromatic heterocycles. The Labute approximate surface area is 95.5 Å². The Hall–Kier alpha value is -0.680. The smallest absolute Gasteiger partial charge is 0.229 e. The quantitative estimate of drug-likeness (QED) is 0.694. The highest BCUT2D eigenvalue weighted by Crippen LogP contribution is 2.21. The number of carbonyl (C=O) groups excluding carboxylic acids is 1. The van der Waals surface area contributed by atoms with Gasteiger partial charge in [0, 0.05) is 13.2 Å². The first-order valence-corrected chi connectivity index (χ1v) is 5.58. The van der Waals surface area contributed by atoms with Crippen LogP contribution >= 0.6 is 12.2 Å². The molecule has 1 aliphatic carbocycles. The molecule has 3 atom stereocenters. The molecule has 0 bridgehead atoms. The third-order valence-electron chi connectivity index (χ3n) is 2.88. The van der Waals surface area contributed by atoms with Crippen LogP contribution in [0, 0.1) is 5.92 Å². The summed E-state index contributed by atoms with van der Waals surface area (Å²) in [6, 6.07) is 0.208. The summed E-state index contributed by atoms with van der Waals surface area (Å²) < 4.78 is 5.23. The van der Waals surface area contributed by atoms with Crippen LogP contribution in [0.1, 0.15) is 26.2 Å². The molecule has 86 valence electrons. The predicted octanol–water partition coefficient (Wildman–Crippen LogP) is 0.592. The van der Waals surface area contributed by atoms with Crippen molar-refractivity contribution in [3.63, 3.8) is 0 Å².